The maximum atomic E-state index is 11.7. The van der Waals surface area contributed by atoms with E-state index in [1.807, 2.05) is 0 Å². The Bertz CT molecular complexity index is 590. The van der Waals surface area contributed by atoms with Crippen LogP contribution in [0.25, 0.3) is 0 Å². The maximum Gasteiger partial charge on any atom is 0.326 e. The molecule has 3 amide bonds. The summed E-state index contributed by atoms with van der Waals surface area (Å²) in [5.41, 5.74) is 15.3. The van der Waals surface area contributed by atoms with Gasteiger partial charge in [0.25, 0.3) is 0 Å². The van der Waals surface area contributed by atoms with E-state index in [0.29, 0.717) is 19.4 Å². The van der Waals surface area contributed by atoms with Gasteiger partial charge in [-0.25, -0.2) is 9.59 Å². The topological polar surface area (TPSA) is 233 Å². The van der Waals surface area contributed by atoms with E-state index in [1.165, 1.54) is 6.92 Å². The second kappa shape index (κ2) is 13.4. The Kier molecular flexibility index (Phi) is 12.1. The number of urea groups is 1. The van der Waals surface area contributed by atoms with Gasteiger partial charge in [0.15, 0.2) is 0 Å². The van der Waals surface area contributed by atoms with Gasteiger partial charge < -0.3 is 42.5 Å². The molecule has 0 saturated carbocycles. The minimum Gasteiger partial charge on any atom is -0.480 e. The van der Waals surface area contributed by atoms with Gasteiger partial charge in [-0.2, -0.15) is 0 Å². The quantitative estimate of drug-likeness (QED) is 0.216. The third kappa shape index (κ3) is 11.5. The van der Waals surface area contributed by atoms with Gasteiger partial charge in [0.05, 0.1) is 13.2 Å². The van der Waals surface area contributed by atoms with Crippen molar-refractivity contribution in [2.45, 2.75) is 44.8 Å². The van der Waals surface area contributed by atoms with Crippen molar-refractivity contribution in [1.82, 2.24) is 20.8 Å². The van der Waals surface area contributed by atoms with Gasteiger partial charge in [-0.15, -0.1) is 10.2 Å². The molecule has 2 atom stereocenters. The third-order valence-electron chi connectivity index (χ3n) is 2.95. The van der Waals surface area contributed by atoms with Crippen molar-refractivity contribution in [1.29, 1.82) is 0 Å². The van der Waals surface area contributed by atoms with Crippen LogP contribution in [0, 0.1) is 0 Å². The van der Waals surface area contributed by atoms with Crippen LogP contribution in [0.15, 0.2) is 4.42 Å². The smallest absolute Gasteiger partial charge is 0.326 e. The molecule has 0 saturated heterocycles. The molecule has 0 aromatic carbocycles. The summed E-state index contributed by atoms with van der Waals surface area (Å²) in [6.07, 6.45) is 1.57. The van der Waals surface area contributed by atoms with E-state index in [4.69, 9.17) is 26.1 Å². The highest BCUT2D eigenvalue weighted by molar-refractivity contribution is 5.82. The van der Waals surface area contributed by atoms with E-state index in [9.17, 15) is 14.4 Å². The number of carbonyl (C=O) groups excluding carboxylic acids is 2. The van der Waals surface area contributed by atoms with E-state index < -0.39 is 24.1 Å². The van der Waals surface area contributed by atoms with Crippen molar-refractivity contribution in [2.24, 2.45) is 17.2 Å². The van der Waals surface area contributed by atoms with Gasteiger partial charge in [0.2, 0.25) is 17.7 Å². The number of aromatic nitrogens is 2. The molecule has 1 heterocycles. The summed E-state index contributed by atoms with van der Waals surface area (Å²) < 4.78 is 5.14. The number of primary amides is 1. The molecule has 13 heteroatoms. The first-order valence-electron chi connectivity index (χ1n) is 8.13. The molecule has 0 aliphatic rings. The van der Waals surface area contributed by atoms with Crippen LogP contribution in [0.3, 0.4) is 0 Å². The lowest BCUT2D eigenvalue weighted by Gasteiger charge is -2.14. The zero-order chi connectivity index (χ0) is 20.8. The molecule has 0 spiro atoms. The predicted octanol–water partition coefficient (Wildman–Crippen LogP) is -2.07. The van der Waals surface area contributed by atoms with E-state index in [1.54, 1.807) is 0 Å². The average Bonchev–Trinajstić information content (AvgIpc) is 3.07. The number of hydrogen-bond donors (Lipinski definition) is 7. The fourth-order valence-corrected chi connectivity index (χ4v) is 1.68. The molecule has 1 rings (SSSR count). The Hall–Kier alpha value is -2.77. The zero-order valence-electron chi connectivity index (χ0n) is 15.1. The molecule has 1 aromatic heterocycles. The first-order valence-corrected chi connectivity index (χ1v) is 8.13. The number of aliphatic hydroxyl groups excluding tert-OH is 1. The molecule has 0 bridgehead atoms. The second-order valence-electron chi connectivity index (χ2n) is 5.44. The molecule has 1 aromatic rings. The average molecular weight is 389 g/mol. The van der Waals surface area contributed by atoms with Crippen molar-refractivity contribution in [3.8, 4) is 0 Å². The third-order valence-corrected chi connectivity index (χ3v) is 2.95. The lowest BCUT2D eigenvalue weighted by atomic mass is 10.1. The monoisotopic (exact) mass is 389 g/mol. The number of carbonyl (C=O) groups is 3. The molecule has 27 heavy (non-hydrogen) atoms. The molecular formula is C14H27N7O6. The van der Waals surface area contributed by atoms with Crippen molar-refractivity contribution >= 4 is 17.9 Å². The number of rotatable bonds is 10. The Morgan fingerprint density at radius 2 is 1.89 bits per heavy atom. The summed E-state index contributed by atoms with van der Waals surface area (Å²) in [5.74, 6) is -1.31. The number of nitrogens with zero attached hydrogens (tertiary/aromatic N) is 2. The van der Waals surface area contributed by atoms with Crippen molar-refractivity contribution in [3.05, 3.63) is 11.8 Å². The van der Waals surface area contributed by atoms with Crippen LogP contribution in [-0.4, -0.2) is 57.5 Å². The molecule has 2 unspecified atom stereocenters. The summed E-state index contributed by atoms with van der Waals surface area (Å²) in [6.45, 7) is 1.33. The summed E-state index contributed by atoms with van der Waals surface area (Å²) in [6, 6.07) is -2.46. The van der Waals surface area contributed by atoms with Crippen molar-refractivity contribution in [2.75, 3.05) is 13.2 Å². The highest BCUT2D eigenvalue weighted by Crippen LogP contribution is 2.07. The van der Waals surface area contributed by atoms with Gasteiger partial charge in [-0.3, -0.25) is 4.79 Å². The highest BCUT2D eigenvalue weighted by atomic mass is 16.4. The number of unbranched alkanes of at least 4 members (excludes halogenated alkanes) is 1. The standard InChI is InChI=1S/C12H22N6O5.C2H5NO/c13-4-2-1-3-8(11(20)21)16-12(22)15-5-9-17-18-10(23-9)7(14)6-19;1-2(3)4/h7-8,19H,1-6,13-14H2,(H,20,21)(H2,15,16,22);1H3,(H2,3,4). The van der Waals surface area contributed by atoms with Gasteiger partial charge in [-0.1, -0.05) is 0 Å². The summed E-state index contributed by atoms with van der Waals surface area (Å²) in [4.78, 5) is 32.0. The number of nitrogens with two attached hydrogens (primary N) is 3. The van der Waals surface area contributed by atoms with Crippen molar-refractivity contribution < 1.29 is 29.0 Å². The molecule has 0 radical (unpaired) electrons. The Morgan fingerprint density at radius 1 is 1.26 bits per heavy atom. The number of aliphatic hydroxyl groups is 1. The van der Waals surface area contributed by atoms with E-state index >= 15 is 0 Å². The summed E-state index contributed by atoms with van der Waals surface area (Å²) in [7, 11) is 0. The number of carboxylic acid groups (broad SMARTS) is 1. The van der Waals surface area contributed by atoms with Crippen LogP contribution in [0.2, 0.25) is 0 Å². The van der Waals surface area contributed by atoms with Crippen LogP contribution in [0.4, 0.5) is 4.79 Å². The van der Waals surface area contributed by atoms with Gasteiger partial charge >= 0.3 is 12.0 Å². The summed E-state index contributed by atoms with van der Waals surface area (Å²) >= 11 is 0. The number of amides is 3. The van der Waals surface area contributed by atoms with Crippen LogP contribution in [-0.2, 0) is 16.1 Å². The lowest BCUT2D eigenvalue weighted by Crippen LogP contribution is -2.45. The minimum absolute atomic E-state index is 0.0508. The molecular weight excluding hydrogens is 362 g/mol. The SMILES string of the molecule is CC(N)=O.NCCCCC(NC(=O)NCc1nnc(C(N)CO)o1)C(=O)O. The molecule has 0 aliphatic heterocycles. The number of hydrogen-bond acceptors (Lipinski definition) is 9. The Labute approximate surface area is 155 Å². The highest BCUT2D eigenvalue weighted by Gasteiger charge is 2.20. The second-order valence-corrected chi connectivity index (χ2v) is 5.44. The largest absolute Gasteiger partial charge is 0.480 e. The van der Waals surface area contributed by atoms with Crippen LogP contribution < -0.4 is 27.8 Å². The Morgan fingerprint density at radius 3 is 2.41 bits per heavy atom. The molecule has 154 valence electrons. The lowest BCUT2D eigenvalue weighted by molar-refractivity contribution is -0.139. The van der Waals surface area contributed by atoms with Crippen LogP contribution >= 0.6 is 0 Å². The normalized spacial score (nSPS) is 12.3. The van der Waals surface area contributed by atoms with Gasteiger partial charge in [0.1, 0.15) is 12.1 Å². The molecule has 0 aliphatic carbocycles. The van der Waals surface area contributed by atoms with Crippen LogP contribution in [0.1, 0.15) is 44.0 Å². The van der Waals surface area contributed by atoms with Crippen molar-refractivity contribution in [3.63, 3.8) is 0 Å². The molecule has 13 nitrogen and oxygen atoms in total. The van der Waals surface area contributed by atoms with E-state index in [2.05, 4.69) is 26.6 Å². The Balaban J connectivity index is 0.00000153. The van der Waals surface area contributed by atoms with Gasteiger partial charge in [-0.05, 0) is 25.8 Å². The summed E-state index contributed by atoms with van der Waals surface area (Å²) in [5, 5.41) is 29.9. The molecule has 0 fully saturated rings. The first-order chi connectivity index (χ1) is 12.7. The molecule has 10 N–H and O–H groups in total. The van der Waals surface area contributed by atoms with Crippen LogP contribution in [0.5, 0.6) is 0 Å². The number of aliphatic carboxylic acids is 1. The fraction of sp³-hybridized carbons (Fsp3) is 0.643. The van der Waals surface area contributed by atoms with Gasteiger partial charge in [0, 0.05) is 6.92 Å². The number of carboxylic acids is 1. The van der Waals surface area contributed by atoms with E-state index in [0.717, 1.165) is 0 Å². The zero-order valence-corrected chi connectivity index (χ0v) is 15.1. The van der Waals surface area contributed by atoms with E-state index in [-0.39, 0.29) is 37.3 Å². The maximum absolute atomic E-state index is 11.7. The first kappa shape index (κ1) is 24.2. The number of nitrogens with one attached hydrogen (secondary N) is 2. The minimum atomic E-state index is -1.12. The predicted molar refractivity (Wildman–Crippen MR) is 92.9 cm³/mol. The fourth-order valence-electron chi connectivity index (χ4n) is 1.68.